The Labute approximate surface area is 131 Å². The molecule has 1 aliphatic rings. The molecular formula is C14H26N6O2. The van der Waals surface area contributed by atoms with Gasteiger partial charge in [-0.05, 0) is 42.5 Å². The van der Waals surface area contributed by atoms with E-state index in [4.69, 9.17) is 4.74 Å². The zero-order valence-electron chi connectivity index (χ0n) is 13.8. The second-order valence-corrected chi connectivity index (χ2v) is 6.35. The molecule has 1 saturated heterocycles. The molecule has 1 aromatic rings. The van der Waals surface area contributed by atoms with E-state index in [2.05, 4.69) is 39.6 Å². The fraction of sp³-hybridized carbons (Fsp3) is 0.857. The second-order valence-electron chi connectivity index (χ2n) is 6.35. The van der Waals surface area contributed by atoms with Gasteiger partial charge in [-0.1, -0.05) is 18.9 Å². The van der Waals surface area contributed by atoms with Crippen molar-refractivity contribution in [2.45, 2.75) is 52.2 Å². The van der Waals surface area contributed by atoms with Gasteiger partial charge in [0.15, 0.2) is 0 Å². The second kappa shape index (κ2) is 7.42. The number of hydrogen-bond acceptors (Lipinski definition) is 6. The van der Waals surface area contributed by atoms with E-state index in [0.29, 0.717) is 5.92 Å². The first-order valence-electron chi connectivity index (χ1n) is 7.90. The molecule has 1 unspecified atom stereocenters. The molecule has 0 spiro atoms. The molecule has 124 valence electrons. The van der Waals surface area contributed by atoms with Gasteiger partial charge in [0.2, 0.25) is 5.95 Å². The van der Waals surface area contributed by atoms with Crippen LogP contribution in [-0.2, 0) is 11.8 Å². The molecule has 8 nitrogen and oxygen atoms in total. The Balaban J connectivity index is 1.73. The van der Waals surface area contributed by atoms with Crippen LogP contribution in [0.5, 0.6) is 0 Å². The Bertz CT molecular complexity index is 481. The summed E-state index contributed by atoms with van der Waals surface area (Å²) in [7, 11) is 1.83. The summed E-state index contributed by atoms with van der Waals surface area (Å²) in [6, 6.07) is 0.149. The monoisotopic (exact) mass is 310 g/mol. The highest BCUT2D eigenvalue weighted by Gasteiger charge is 2.24. The predicted octanol–water partition coefficient (Wildman–Crippen LogP) is 1.34. The van der Waals surface area contributed by atoms with Crippen LogP contribution in [0.4, 0.5) is 10.7 Å². The largest absolute Gasteiger partial charge is 0.447 e. The molecule has 1 aliphatic heterocycles. The van der Waals surface area contributed by atoms with Crippen molar-refractivity contribution in [2.24, 2.45) is 13.0 Å². The van der Waals surface area contributed by atoms with Crippen LogP contribution in [-0.4, -0.2) is 51.5 Å². The van der Waals surface area contributed by atoms with Gasteiger partial charge >= 0.3 is 6.09 Å². The third kappa shape index (κ3) is 4.57. The van der Waals surface area contributed by atoms with Gasteiger partial charge in [0.1, 0.15) is 6.10 Å². The van der Waals surface area contributed by atoms with Crippen molar-refractivity contribution >= 4 is 12.0 Å². The molecule has 2 heterocycles. The van der Waals surface area contributed by atoms with E-state index < -0.39 is 0 Å². The molecule has 8 heteroatoms. The van der Waals surface area contributed by atoms with E-state index >= 15 is 0 Å². The summed E-state index contributed by atoms with van der Waals surface area (Å²) in [5.41, 5.74) is 0. The minimum absolute atomic E-state index is 0.0511. The number of piperidine rings is 1. The molecule has 0 radical (unpaired) electrons. The number of tetrazole rings is 1. The number of carbonyl (C=O) groups excluding carboxylic acids is 1. The van der Waals surface area contributed by atoms with Gasteiger partial charge in [-0.3, -0.25) is 0 Å². The van der Waals surface area contributed by atoms with Gasteiger partial charge in [-0.15, -0.1) is 0 Å². The maximum atomic E-state index is 11.9. The zero-order chi connectivity index (χ0) is 16.1. The Morgan fingerprint density at radius 2 is 2.05 bits per heavy atom. The number of nitrogens with one attached hydrogen (secondary N) is 1. The van der Waals surface area contributed by atoms with Crippen molar-refractivity contribution in [3.63, 3.8) is 0 Å². The predicted molar refractivity (Wildman–Crippen MR) is 82.6 cm³/mol. The Morgan fingerprint density at radius 1 is 1.36 bits per heavy atom. The van der Waals surface area contributed by atoms with Crippen molar-refractivity contribution in [3.8, 4) is 0 Å². The normalized spacial score (nSPS) is 17.6. The maximum Gasteiger partial charge on any atom is 0.407 e. The van der Waals surface area contributed by atoms with Crippen LogP contribution in [0.3, 0.4) is 0 Å². The van der Waals surface area contributed by atoms with Crippen LogP contribution in [0.1, 0.15) is 40.0 Å². The summed E-state index contributed by atoms with van der Waals surface area (Å²) in [4.78, 5) is 14.0. The van der Waals surface area contributed by atoms with E-state index in [9.17, 15) is 4.79 Å². The molecule has 0 bridgehead atoms. The van der Waals surface area contributed by atoms with Crippen molar-refractivity contribution in [1.82, 2.24) is 25.5 Å². The Hall–Kier alpha value is -1.86. The summed E-state index contributed by atoms with van der Waals surface area (Å²) in [6.07, 6.45) is 2.24. The van der Waals surface area contributed by atoms with Crippen LogP contribution in [0.25, 0.3) is 0 Å². The number of rotatable bonds is 5. The van der Waals surface area contributed by atoms with Crippen LogP contribution < -0.4 is 10.2 Å². The number of carbonyl (C=O) groups is 1. The quantitative estimate of drug-likeness (QED) is 0.883. The van der Waals surface area contributed by atoms with Crippen molar-refractivity contribution < 1.29 is 9.53 Å². The first-order chi connectivity index (χ1) is 10.5. The lowest BCUT2D eigenvalue weighted by atomic mass is 10.1. The summed E-state index contributed by atoms with van der Waals surface area (Å²) < 4.78 is 7.04. The van der Waals surface area contributed by atoms with Crippen molar-refractivity contribution in [2.75, 3.05) is 18.0 Å². The van der Waals surface area contributed by atoms with Crippen LogP contribution in [0, 0.1) is 5.92 Å². The number of hydrogen-bond donors (Lipinski definition) is 1. The van der Waals surface area contributed by atoms with E-state index in [1.165, 1.54) is 0 Å². The van der Waals surface area contributed by atoms with Crippen LogP contribution >= 0.6 is 0 Å². The molecule has 0 saturated carbocycles. The molecule has 1 fully saturated rings. The highest BCUT2D eigenvalue weighted by molar-refractivity contribution is 5.67. The lowest BCUT2D eigenvalue weighted by Crippen LogP contribution is -2.46. The summed E-state index contributed by atoms with van der Waals surface area (Å²) in [5, 5.41) is 14.5. The Morgan fingerprint density at radius 3 is 2.59 bits per heavy atom. The van der Waals surface area contributed by atoms with Gasteiger partial charge in [0.05, 0.1) is 0 Å². The summed E-state index contributed by atoms with van der Waals surface area (Å²) >= 11 is 0. The van der Waals surface area contributed by atoms with Gasteiger partial charge < -0.3 is 15.0 Å². The lowest BCUT2D eigenvalue weighted by molar-refractivity contribution is 0.0913. The number of nitrogens with zero attached hydrogens (tertiary/aromatic N) is 5. The average molecular weight is 310 g/mol. The number of alkyl carbamates (subject to hydrolysis) is 1. The molecule has 1 aromatic heterocycles. The fourth-order valence-corrected chi connectivity index (χ4v) is 2.81. The third-order valence-corrected chi connectivity index (χ3v) is 3.81. The number of aromatic nitrogens is 4. The SMILES string of the molecule is CC(C)CC(C)OC(=O)NC1CCN(c2nnnn2C)CC1. The minimum atomic E-state index is -0.313. The standard InChI is InChI=1S/C14H26N6O2/c1-10(2)9-11(3)22-14(21)15-12-5-7-20(8-6-12)13-16-17-18-19(13)4/h10-12H,5-9H2,1-4H3,(H,15,21). The summed E-state index contributed by atoms with van der Waals surface area (Å²) in [6.45, 7) is 7.81. The topological polar surface area (TPSA) is 85.2 Å². The molecule has 2 rings (SSSR count). The smallest absolute Gasteiger partial charge is 0.407 e. The summed E-state index contributed by atoms with van der Waals surface area (Å²) in [5.74, 6) is 1.29. The Kier molecular flexibility index (Phi) is 5.57. The number of aryl methyl sites for hydroxylation is 1. The van der Waals surface area contributed by atoms with Gasteiger partial charge in [-0.2, -0.15) is 0 Å². The third-order valence-electron chi connectivity index (χ3n) is 3.81. The number of ether oxygens (including phenoxy) is 1. The zero-order valence-corrected chi connectivity index (χ0v) is 13.8. The first kappa shape index (κ1) is 16.5. The van der Waals surface area contributed by atoms with E-state index in [1.54, 1.807) is 4.68 Å². The molecule has 22 heavy (non-hydrogen) atoms. The molecular weight excluding hydrogens is 284 g/mol. The van der Waals surface area contributed by atoms with Gasteiger partial charge in [0.25, 0.3) is 0 Å². The lowest BCUT2D eigenvalue weighted by Gasteiger charge is -2.32. The van der Waals surface area contributed by atoms with Crippen LogP contribution in [0.15, 0.2) is 0 Å². The number of amides is 1. The highest BCUT2D eigenvalue weighted by atomic mass is 16.6. The fourth-order valence-electron chi connectivity index (χ4n) is 2.81. The van der Waals surface area contributed by atoms with Crippen molar-refractivity contribution in [1.29, 1.82) is 0 Å². The minimum Gasteiger partial charge on any atom is -0.447 e. The van der Waals surface area contributed by atoms with Gasteiger partial charge in [-0.25, -0.2) is 9.48 Å². The van der Waals surface area contributed by atoms with E-state index in [1.807, 2.05) is 14.0 Å². The average Bonchev–Trinajstić information content (AvgIpc) is 2.84. The molecule has 1 atom stereocenters. The van der Waals surface area contributed by atoms with Crippen molar-refractivity contribution in [3.05, 3.63) is 0 Å². The van der Waals surface area contributed by atoms with Gasteiger partial charge in [0, 0.05) is 26.2 Å². The number of anilines is 1. The van der Waals surface area contributed by atoms with Crippen LogP contribution in [0.2, 0.25) is 0 Å². The van der Waals surface area contributed by atoms with E-state index in [0.717, 1.165) is 38.3 Å². The highest BCUT2D eigenvalue weighted by Crippen LogP contribution is 2.16. The molecule has 0 aliphatic carbocycles. The maximum absolute atomic E-state index is 11.9. The molecule has 1 amide bonds. The molecule has 0 aromatic carbocycles. The first-order valence-corrected chi connectivity index (χ1v) is 7.90. The van der Waals surface area contributed by atoms with E-state index in [-0.39, 0.29) is 18.2 Å². The molecule has 1 N–H and O–H groups in total.